The molecular formula is C15H18N2O3. The first kappa shape index (κ1) is 14.1. The molecule has 0 fully saturated rings. The lowest BCUT2D eigenvalue weighted by Crippen LogP contribution is -2.18. The van der Waals surface area contributed by atoms with Crippen LogP contribution in [0, 0.1) is 6.92 Å². The third-order valence-electron chi connectivity index (χ3n) is 3.18. The molecule has 0 radical (unpaired) electrons. The third-order valence-corrected chi connectivity index (χ3v) is 3.18. The van der Waals surface area contributed by atoms with Crippen LogP contribution in [0.15, 0.2) is 23.0 Å². The smallest absolute Gasteiger partial charge is 0.254 e. The molecule has 1 aromatic heterocycles. The fraction of sp³-hybridized carbons (Fsp3) is 0.333. The Kier molecular flexibility index (Phi) is 3.79. The van der Waals surface area contributed by atoms with E-state index in [1.54, 1.807) is 12.1 Å². The molecule has 20 heavy (non-hydrogen) atoms. The summed E-state index contributed by atoms with van der Waals surface area (Å²) >= 11 is 0. The molecule has 0 amide bonds. The van der Waals surface area contributed by atoms with E-state index in [1.807, 2.05) is 20.8 Å². The van der Waals surface area contributed by atoms with Crippen molar-refractivity contribution in [3.05, 3.63) is 39.8 Å². The number of aromatic hydroxyl groups is 1. The van der Waals surface area contributed by atoms with Crippen LogP contribution >= 0.6 is 0 Å². The summed E-state index contributed by atoms with van der Waals surface area (Å²) in [4.78, 5) is 19.3. The van der Waals surface area contributed by atoms with Gasteiger partial charge in [0.25, 0.3) is 5.56 Å². The van der Waals surface area contributed by atoms with E-state index in [2.05, 4.69) is 9.97 Å². The van der Waals surface area contributed by atoms with Gasteiger partial charge in [-0.15, -0.1) is 0 Å². The van der Waals surface area contributed by atoms with E-state index >= 15 is 0 Å². The van der Waals surface area contributed by atoms with Crippen molar-refractivity contribution in [2.45, 2.75) is 26.7 Å². The van der Waals surface area contributed by atoms with Gasteiger partial charge in [0.1, 0.15) is 5.82 Å². The average Bonchev–Trinajstić information content (AvgIpc) is 2.37. The summed E-state index contributed by atoms with van der Waals surface area (Å²) in [7, 11) is 1.48. The maximum atomic E-state index is 12.1. The van der Waals surface area contributed by atoms with Crippen molar-refractivity contribution in [3.8, 4) is 22.9 Å². The molecule has 5 nitrogen and oxygen atoms in total. The van der Waals surface area contributed by atoms with Crippen molar-refractivity contribution in [2.24, 2.45) is 0 Å². The lowest BCUT2D eigenvalue weighted by atomic mass is 10.0. The highest BCUT2D eigenvalue weighted by atomic mass is 16.5. The molecule has 1 aromatic carbocycles. The number of rotatable bonds is 3. The van der Waals surface area contributed by atoms with E-state index < -0.39 is 0 Å². The largest absolute Gasteiger partial charge is 0.504 e. The quantitative estimate of drug-likeness (QED) is 0.902. The van der Waals surface area contributed by atoms with E-state index in [0.717, 1.165) is 0 Å². The van der Waals surface area contributed by atoms with Gasteiger partial charge >= 0.3 is 0 Å². The first-order valence-electron chi connectivity index (χ1n) is 6.42. The lowest BCUT2D eigenvalue weighted by molar-refractivity contribution is 0.373. The second kappa shape index (κ2) is 5.36. The fourth-order valence-electron chi connectivity index (χ4n) is 2.25. The van der Waals surface area contributed by atoms with Crippen LogP contribution in [-0.2, 0) is 0 Å². The predicted octanol–water partition coefficient (Wildman–Crippen LogP) is 2.58. The molecule has 0 saturated heterocycles. The van der Waals surface area contributed by atoms with Crippen molar-refractivity contribution in [1.29, 1.82) is 0 Å². The molecule has 0 aliphatic carbocycles. The molecule has 2 rings (SSSR count). The van der Waals surface area contributed by atoms with Crippen LogP contribution in [0.2, 0.25) is 0 Å². The van der Waals surface area contributed by atoms with E-state index in [1.165, 1.54) is 13.2 Å². The predicted molar refractivity (Wildman–Crippen MR) is 77.3 cm³/mol. The number of nitrogens with one attached hydrogen (secondary N) is 1. The van der Waals surface area contributed by atoms with Crippen molar-refractivity contribution in [2.75, 3.05) is 7.11 Å². The van der Waals surface area contributed by atoms with Gasteiger partial charge in [0.15, 0.2) is 11.5 Å². The molecule has 106 valence electrons. The van der Waals surface area contributed by atoms with Gasteiger partial charge in [0.2, 0.25) is 0 Å². The summed E-state index contributed by atoms with van der Waals surface area (Å²) < 4.78 is 4.99. The van der Waals surface area contributed by atoms with Gasteiger partial charge in [-0.25, -0.2) is 4.98 Å². The molecule has 0 bridgehead atoms. The van der Waals surface area contributed by atoms with Gasteiger partial charge in [-0.3, -0.25) is 4.79 Å². The van der Waals surface area contributed by atoms with Gasteiger partial charge in [-0.05, 0) is 31.0 Å². The zero-order valence-electron chi connectivity index (χ0n) is 12.0. The minimum absolute atomic E-state index is 0.0123. The van der Waals surface area contributed by atoms with Crippen LogP contribution in [-0.4, -0.2) is 22.2 Å². The van der Waals surface area contributed by atoms with Crippen molar-refractivity contribution in [3.63, 3.8) is 0 Å². The van der Waals surface area contributed by atoms with Gasteiger partial charge in [0, 0.05) is 16.8 Å². The summed E-state index contributed by atoms with van der Waals surface area (Å²) in [6.45, 7) is 5.73. The number of methoxy groups -OCH3 is 1. The Morgan fingerprint density at radius 1 is 1.35 bits per heavy atom. The van der Waals surface area contributed by atoms with Crippen LogP contribution in [0.1, 0.15) is 31.0 Å². The van der Waals surface area contributed by atoms with Gasteiger partial charge < -0.3 is 14.8 Å². The summed E-state index contributed by atoms with van der Waals surface area (Å²) in [6.07, 6.45) is 0. The molecule has 2 aromatic rings. The first-order chi connectivity index (χ1) is 9.43. The Bertz CT molecular complexity index is 690. The summed E-state index contributed by atoms with van der Waals surface area (Å²) in [5.41, 5.74) is 1.89. The summed E-state index contributed by atoms with van der Waals surface area (Å²) in [5, 5.41) is 9.79. The van der Waals surface area contributed by atoms with Crippen molar-refractivity contribution >= 4 is 0 Å². The third kappa shape index (κ3) is 2.52. The number of H-pyrrole nitrogens is 1. The number of hydrogen-bond acceptors (Lipinski definition) is 4. The number of ether oxygens (including phenoxy) is 1. The fourth-order valence-corrected chi connectivity index (χ4v) is 2.25. The molecule has 0 aliphatic heterocycles. The number of phenolic OH excluding ortho intramolecular Hbond substituents is 1. The second-order valence-corrected chi connectivity index (χ2v) is 4.95. The van der Waals surface area contributed by atoms with Gasteiger partial charge in [-0.1, -0.05) is 13.8 Å². The van der Waals surface area contributed by atoms with Crippen molar-refractivity contribution in [1.82, 2.24) is 9.97 Å². The number of nitrogens with zero attached hydrogens (tertiary/aromatic N) is 1. The van der Waals surface area contributed by atoms with Gasteiger partial charge in [0.05, 0.1) is 7.11 Å². The molecule has 0 spiro atoms. The lowest BCUT2D eigenvalue weighted by Gasteiger charge is -2.10. The van der Waals surface area contributed by atoms with Crippen molar-refractivity contribution < 1.29 is 9.84 Å². The molecule has 0 aliphatic rings. The summed E-state index contributed by atoms with van der Waals surface area (Å²) in [5.74, 6) is 0.948. The Morgan fingerprint density at radius 2 is 2.05 bits per heavy atom. The molecule has 0 atom stereocenters. The Balaban J connectivity index is 2.54. The van der Waals surface area contributed by atoms with Gasteiger partial charge in [-0.2, -0.15) is 0 Å². The number of aryl methyl sites for hydroxylation is 1. The normalized spacial score (nSPS) is 10.8. The number of aromatic nitrogens is 2. The van der Waals surface area contributed by atoms with E-state index in [4.69, 9.17) is 4.74 Å². The van der Waals surface area contributed by atoms with Crippen LogP contribution in [0.25, 0.3) is 11.4 Å². The van der Waals surface area contributed by atoms with Crippen LogP contribution in [0.3, 0.4) is 0 Å². The highest BCUT2D eigenvalue weighted by Crippen LogP contribution is 2.30. The number of hydrogen-bond donors (Lipinski definition) is 2. The monoisotopic (exact) mass is 274 g/mol. The maximum absolute atomic E-state index is 12.1. The highest BCUT2D eigenvalue weighted by molar-refractivity contribution is 5.60. The molecule has 5 heteroatoms. The SMILES string of the molecule is COc1ccc(-c2nc(C)c(C(C)C)c(=O)[nH]2)cc1O. The molecule has 2 N–H and O–H groups in total. The molecular weight excluding hydrogens is 256 g/mol. The maximum Gasteiger partial charge on any atom is 0.254 e. The number of benzene rings is 1. The van der Waals surface area contributed by atoms with E-state index in [9.17, 15) is 9.90 Å². The molecule has 1 heterocycles. The standard InChI is InChI=1S/C15H18N2O3/c1-8(2)13-9(3)16-14(17-15(13)19)10-5-6-12(20-4)11(18)7-10/h5-8,18H,1-4H3,(H,16,17,19). The zero-order valence-corrected chi connectivity index (χ0v) is 12.0. The summed E-state index contributed by atoms with van der Waals surface area (Å²) in [6, 6.07) is 4.90. The van der Waals surface area contributed by atoms with Crippen LogP contribution in [0.5, 0.6) is 11.5 Å². The number of aromatic amines is 1. The zero-order chi connectivity index (χ0) is 14.9. The Morgan fingerprint density at radius 3 is 2.55 bits per heavy atom. The molecule has 0 saturated carbocycles. The minimum Gasteiger partial charge on any atom is -0.504 e. The second-order valence-electron chi connectivity index (χ2n) is 4.95. The highest BCUT2D eigenvalue weighted by Gasteiger charge is 2.13. The van der Waals surface area contributed by atoms with E-state index in [0.29, 0.717) is 28.4 Å². The molecule has 0 unspecified atom stereocenters. The Hall–Kier alpha value is -2.30. The van der Waals surface area contributed by atoms with E-state index in [-0.39, 0.29) is 17.2 Å². The topological polar surface area (TPSA) is 75.2 Å². The minimum atomic E-state index is -0.141. The first-order valence-corrected chi connectivity index (χ1v) is 6.42. The van der Waals surface area contributed by atoms with Crippen LogP contribution in [0.4, 0.5) is 0 Å². The number of phenols is 1. The Labute approximate surface area is 117 Å². The average molecular weight is 274 g/mol. The van der Waals surface area contributed by atoms with Crippen LogP contribution < -0.4 is 10.3 Å².